The van der Waals surface area contributed by atoms with Crippen LogP contribution < -0.4 is 0 Å². The molecule has 0 aromatic rings. The molecule has 0 spiro atoms. The lowest BCUT2D eigenvalue weighted by atomic mass is 11.0. The van der Waals surface area contributed by atoms with Gasteiger partial charge in [0.15, 0.2) is 8.46 Å². The number of hydrogen-bond acceptors (Lipinski definition) is 3. The molecule has 0 bridgehead atoms. The zero-order valence-electron chi connectivity index (χ0n) is 5.16. The fraction of sp³-hybridized carbons (Fsp3) is 1.00. The largest absolute Gasteiger partial charge is 0.276 e. The van der Waals surface area contributed by atoms with Gasteiger partial charge in [-0.15, -0.1) is 0 Å². The zero-order valence-corrected chi connectivity index (χ0v) is 6.05. The predicted molar refractivity (Wildman–Crippen MR) is 34.5 cm³/mol. The highest BCUT2D eigenvalue weighted by Crippen LogP contribution is 2.27. The normalized spacial score (nSPS) is 27.7. The first kappa shape index (κ1) is 5.78. The molecule has 9 heavy (non-hydrogen) atoms. The first-order valence-electron chi connectivity index (χ1n) is 3.22. The van der Waals surface area contributed by atoms with E-state index in [9.17, 15) is 4.57 Å². The van der Waals surface area contributed by atoms with Gasteiger partial charge in [0.05, 0.1) is 0 Å². The molecular formula is C5H9N2OP. The molecule has 2 saturated heterocycles. The third-order valence-electron chi connectivity index (χ3n) is 1.71. The zero-order chi connectivity index (χ0) is 6.27. The lowest BCUT2D eigenvalue weighted by molar-refractivity contribution is 0.342. The molecule has 3 nitrogen and oxygen atoms in total. The predicted octanol–water partition coefficient (Wildman–Crippen LogP) is 0.193. The van der Waals surface area contributed by atoms with Gasteiger partial charge in [0, 0.05) is 26.2 Å². The molecule has 0 unspecified atom stereocenters. The number of hydrogen-bond donors (Lipinski definition) is 0. The molecule has 2 fully saturated rings. The van der Waals surface area contributed by atoms with E-state index in [0.29, 0.717) is 0 Å². The van der Waals surface area contributed by atoms with E-state index in [1.807, 2.05) is 0 Å². The van der Waals surface area contributed by atoms with Crippen molar-refractivity contribution >= 4 is 8.46 Å². The van der Waals surface area contributed by atoms with Gasteiger partial charge in [0.2, 0.25) is 0 Å². The summed E-state index contributed by atoms with van der Waals surface area (Å²) in [5, 5.41) is 0. The summed E-state index contributed by atoms with van der Waals surface area (Å²) < 4.78 is 10.5. The van der Waals surface area contributed by atoms with Crippen molar-refractivity contribution < 1.29 is 4.57 Å². The molecular weight excluding hydrogens is 135 g/mol. The van der Waals surface area contributed by atoms with Crippen molar-refractivity contribution in [2.75, 3.05) is 26.2 Å². The molecule has 0 aliphatic carbocycles. The van der Waals surface area contributed by atoms with E-state index in [2.05, 4.69) is 9.80 Å². The van der Waals surface area contributed by atoms with Crippen LogP contribution in [0.5, 0.6) is 0 Å². The Kier molecular flexibility index (Phi) is 1.29. The Labute approximate surface area is 55.8 Å². The van der Waals surface area contributed by atoms with Gasteiger partial charge in [-0.3, -0.25) is 14.4 Å². The standard InChI is InChI=1S/C5H9N2OP/c8-9-5(6-1-2-6)7-3-4-7/h5H,1-4H2. The molecule has 50 valence electrons. The Morgan fingerprint density at radius 3 is 1.78 bits per heavy atom. The van der Waals surface area contributed by atoms with E-state index in [-0.39, 0.29) is 14.4 Å². The Bertz CT molecular complexity index is 121. The van der Waals surface area contributed by atoms with Crippen molar-refractivity contribution in [3.63, 3.8) is 0 Å². The van der Waals surface area contributed by atoms with Crippen molar-refractivity contribution in [3.8, 4) is 0 Å². The Hall–Kier alpha value is 0.0200. The van der Waals surface area contributed by atoms with Crippen molar-refractivity contribution in [1.82, 2.24) is 9.80 Å². The van der Waals surface area contributed by atoms with Gasteiger partial charge in [-0.2, -0.15) is 0 Å². The maximum atomic E-state index is 10.5. The van der Waals surface area contributed by atoms with Crippen molar-refractivity contribution in [3.05, 3.63) is 0 Å². The van der Waals surface area contributed by atoms with E-state index in [1.165, 1.54) is 0 Å². The Balaban J connectivity index is 1.92. The topological polar surface area (TPSA) is 23.1 Å². The third-order valence-corrected chi connectivity index (χ3v) is 2.55. The van der Waals surface area contributed by atoms with Gasteiger partial charge >= 0.3 is 0 Å². The minimum Gasteiger partial charge on any atom is -0.276 e. The molecule has 0 atom stereocenters. The van der Waals surface area contributed by atoms with Crippen LogP contribution >= 0.6 is 8.46 Å². The van der Waals surface area contributed by atoms with E-state index in [1.54, 1.807) is 0 Å². The summed E-state index contributed by atoms with van der Waals surface area (Å²) in [5.41, 5.74) is 0. The molecule has 2 aliphatic rings. The average molecular weight is 144 g/mol. The summed E-state index contributed by atoms with van der Waals surface area (Å²) in [4.78, 5) is 4.42. The van der Waals surface area contributed by atoms with Crippen LogP contribution in [-0.2, 0) is 4.57 Å². The fourth-order valence-corrected chi connectivity index (χ4v) is 1.67. The van der Waals surface area contributed by atoms with Gasteiger partial charge in [-0.25, -0.2) is 0 Å². The van der Waals surface area contributed by atoms with Crippen LogP contribution in [0.2, 0.25) is 0 Å². The minimum absolute atomic E-state index is 0.227. The maximum absolute atomic E-state index is 10.5. The summed E-state index contributed by atoms with van der Waals surface area (Å²) in [5.74, 6) is 0.227. The molecule has 0 N–H and O–H groups in total. The highest BCUT2D eigenvalue weighted by molar-refractivity contribution is 7.24. The van der Waals surface area contributed by atoms with E-state index in [4.69, 9.17) is 0 Å². The van der Waals surface area contributed by atoms with Crippen LogP contribution in [0, 0.1) is 0 Å². The molecule has 2 aliphatic heterocycles. The van der Waals surface area contributed by atoms with Gasteiger partial charge < -0.3 is 0 Å². The highest BCUT2D eigenvalue weighted by Gasteiger charge is 2.37. The molecule has 2 heterocycles. The molecule has 0 saturated carbocycles. The highest BCUT2D eigenvalue weighted by atomic mass is 31.1. The molecule has 0 aromatic heterocycles. The average Bonchev–Trinajstić information content (AvgIpc) is 2.61. The minimum atomic E-state index is 0.227. The van der Waals surface area contributed by atoms with Gasteiger partial charge in [0.1, 0.15) is 5.91 Å². The van der Waals surface area contributed by atoms with Gasteiger partial charge in [-0.05, 0) is 0 Å². The van der Waals surface area contributed by atoms with Crippen LogP contribution in [-0.4, -0.2) is 41.9 Å². The molecule has 4 heteroatoms. The van der Waals surface area contributed by atoms with Crippen LogP contribution in [0.1, 0.15) is 0 Å². The number of rotatable bonds is 3. The Morgan fingerprint density at radius 1 is 1.11 bits per heavy atom. The second kappa shape index (κ2) is 2.01. The second-order valence-corrected chi connectivity index (χ2v) is 3.20. The van der Waals surface area contributed by atoms with Crippen LogP contribution in [0.4, 0.5) is 0 Å². The van der Waals surface area contributed by atoms with Crippen LogP contribution in [0.15, 0.2) is 0 Å². The molecule has 0 amide bonds. The summed E-state index contributed by atoms with van der Waals surface area (Å²) >= 11 is 0. The number of nitrogens with zero attached hydrogens (tertiary/aromatic N) is 2. The van der Waals surface area contributed by atoms with E-state index >= 15 is 0 Å². The quantitative estimate of drug-likeness (QED) is 0.417. The summed E-state index contributed by atoms with van der Waals surface area (Å²) in [7, 11) is 0.275. The smallest absolute Gasteiger partial charge is 0.191 e. The third kappa shape index (κ3) is 1.13. The van der Waals surface area contributed by atoms with Crippen LogP contribution in [0.25, 0.3) is 0 Å². The molecule has 0 radical (unpaired) electrons. The van der Waals surface area contributed by atoms with Gasteiger partial charge in [-0.1, -0.05) is 0 Å². The SMILES string of the molecule is O=PC(N1CC1)N1CC1. The fourth-order valence-electron chi connectivity index (χ4n) is 0.942. The van der Waals surface area contributed by atoms with Gasteiger partial charge in [0.25, 0.3) is 0 Å². The maximum Gasteiger partial charge on any atom is 0.191 e. The lowest BCUT2D eigenvalue weighted by Crippen LogP contribution is -2.20. The van der Waals surface area contributed by atoms with E-state index in [0.717, 1.165) is 26.2 Å². The van der Waals surface area contributed by atoms with Crippen molar-refractivity contribution in [2.45, 2.75) is 5.91 Å². The van der Waals surface area contributed by atoms with Crippen molar-refractivity contribution in [2.24, 2.45) is 0 Å². The first-order chi connectivity index (χ1) is 4.42. The summed E-state index contributed by atoms with van der Waals surface area (Å²) in [6.07, 6.45) is 0. The lowest BCUT2D eigenvalue weighted by Gasteiger charge is -2.08. The van der Waals surface area contributed by atoms with Crippen LogP contribution in [0.3, 0.4) is 0 Å². The second-order valence-electron chi connectivity index (χ2n) is 2.52. The monoisotopic (exact) mass is 144 g/mol. The summed E-state index contributed by atoms with van der Waals surface area (Å²) in [6.45, 7) is 4.54. The Morgan fingerprint density at radius 2 is 1.56 bits per heavy atom. The summed E-state index contributed by atoms with van der Waals surface area (Å²) in [6, 6.07) is 0. The first-order valence-corrected chi connectivity index (χ1v) is 4.10. The van der Waals surface area contributed by atoms with E-state index < -0.39 is 0 Å². The van der Waals surface area contributed by atoms with Crippen molar-refractivity contribution in [1.29, 1.82) is 0 Å². The molecule has 0 aromatic carbocycles. The molecule has 2 rings (SSSR count).